The Morgan fingerprint density at radius 2 is 1.88 bits per heavy atom. The summed E-state index contributed by atoms with van der Waals surface area (Å²) in [5, 5.41) is 22.0. The van der Waals surface area contributed by atoms with Gasteiger partial charge in [-0.2, -0.15) is 5.26 Å². The van der Waals surface area contributed by atoms with Gasteiger partial charge in [0.25, 0.3) is 0 Å². The van der Waals surface area contributed by atoms with Crippen LogP contribution < -0.4 is 5.32 Å². The summed E-state index contributed by atoms with van der Waals surface area (Å²) in [6.07, 6.45) is 9.77. The third kappa shape index (κ3) is 7.03. The number of nitrogens with one attached hydrogen (secondary N) is 1. The third-order valence-corrected chi connectivity index (χ3v) is 5.81. The molecule has 0 aliphatic carbocycles. The second-order valence-corrected chi connectivity index (χ2v) is 9.71. The highest BCUT2D eigenvalue weighted by Crippen LogP contribution is 2.24. The zero-order valence-electron chi connectivity index (χ0n) is 20.1. The number of carboxylic acid groups (broad SMARTS) is 1. The molecule has 0 bridgehead atoms. The van der Waals surface area contributed by atoms with Crippen molar-refractivity contribution in [2.45, 2.75) is 72.9 Å². The number of aromatic nitrogens is 1. The van der Waals surface area contributed by atoms with E-state index >= 15 is 0 Å². The van der Waals surface area contributed by atoms with Gasteiger partial charge in [0.1, 0.15) is 11.6 Å². The van der Waals surface area contributed by atoms with Gasteiger partial charge in [-0.3, -0.25) is 15.1 Å². The lowest BCUT2D eigenvalue weighted by molar-refractivity contribution is -0.144. The average molecular weight is 434 g/mol. The smallest absolute Gasteiger partial charge is 0.323 e. The Bertz CT molecular complexity index is 1030. The lowest BCUT2D eigenvalue weighted by Crippen LogP contribution is -2.48. The van der Waals surface area contributed by atoms with Crippen molar-refractivity contribution in [3.63, 3.8) is 0 Å². The van der Waals surface area contributed by atoms with Crippen LogP contribution in [0.15, 0.2) is 36.7 Å². The van der Waals surface area contributed by atoms with Crippen LogP contribution in [-0.4, -0.2) is 21.6 Å². The molecule has 32 heavy (non-hydrogen) atoms. The number of nitriles is 1. The zero-order chi connectivity index (χ0) is 23.9. The number of rotatable bonds is 9. The predicted octanol–water partition coefficient (Wildman–Crippen LogP) is 5.45. The van der Waals surface area contributed by atoms with E-state index in [2.05, 4.69) is 68.3 Å². The summed E-state index contributed by atoms with van der Waals surface area (Å²) in [5.41, 5.74) is 5.28. The van der Waals surface area contributed by atoms with Crippen molar-refractivity contribution in [1.29, 1.82) is 5.26 Å². The van der Waals surface area contributed by atoms with Crippen molar-refractivity contribution >= 4 is 12.0 Å². The van der Waals surface area contributed by atoms with E-state index in [4.69, 9.17) is 5.26 Å². The number of pyridine rings is 1. The summed E-state index contributed by atoms with van der Waals surface area (Å²) < 4.78 is 0. The Labute approximate surface area is 192 Å². The van der Waals surface area contributed by atoms with Crippen molar-refractivity contribution in [1.82, 2.24) is 10.3 Å². The lowest BCUT2D eigenvalue weighted by atomic mass is 9.91. The largest absolute Gasteiger partial charge is 0.480 e. The molecule has 170 valence electrons. The molecule has 0 amide bonds. The Morgan fingerprint density at radius 1 is 1.16 bits per heavy atom. The highest BCUT2D eigenvalue weighted by Gasteiger charge is 2.30. The number of carbonyl (C=O) groups is 1. The number of allylic oxidation sites excluding steroid dienone is 1. The van der Waals surface area contributed by atoms with E-state index in [0.717, 1.165) is 29.5 Å². The van der Waals surface area contributed by atoms with Gasteiger partial charge in [0, 0.05) is 18.9 Å². The molecule has 1 atom stereocenters. The van der Waals surface area contributed by atoms with E-state index in [1.165, 1.54) is 11.1 Å². The van der Waals surface area contributed by atoms with Gasteiger partial charge in [-0.05, 0) is 72.4 Å². The first kappa shape index (κ1) is 25.3. The van der Waals surface area contributed by atoms with E-state index in [0.29, 0.717) is 18.5 Å². The fraction of sp³-hybridized carbons (Fsp3) is 0.444. The van der Waals surface area contributed by atoms with Crippen molar-refractivity contribution in [2.75, 3.05) is 0 Å². The molecule has 0 aliphatic rings. The zero-order valence-corrected chi connectivity index (χ0v) is 20.1. The number of carboxylic acids is 1. The molecular weight excluding hydrogens is 398 g/mol. The SMILES string of the molecule is CC[C@](C)(NCc1cc(C)c(/C=C/C(C)(C)C)cc1CCc1cncc(C#N)c1)C(=O)O. The van der Waals surface area contributed by atoms with Gasteiger partial charge in [0.15, 0.2) is 0 Å². The van der Waals surface area contributed by atoms with E-state index in [9.17, 15) is 9.90 Å². The second kappa shape index (κ2) is 10.6. The summed E-state index contributed by atoms with van der Waals surface area (Å²) in [4.78, 5) is 15.9. The van der Waals surface area contributed by atoms with Gasteiger partial charge in [-0.1, -0.05) is 52.0 Å². The fourth-order valence-electron chi connectivity index (χ4n) is 3.35. The number of hydrogen-bond acceptors (Lipinski definition) is 4. The van der Waals surface area contributed by atoms with Gasteiger partial charge in [0.05, 0.1) is 5.56 Å². The predicted molar refractivity (Wildman–Crippen MR) is 129 cm³/mol. The maximum atomic E-state index is 11.7. The molecule has 2 aromatic rings. The van der Waals surface area contributed by atoms with Crippen LogP contribution >= 0.6 is 0 Å². The van der Waals surface area contributed by atoms with Crippen LogP contribution in [0.5, 0.6) is 0 Å². The van der Waals surface area contributed by atoms with E-state index in [-0.39, 0.29) is 5.41 Å². The van der Waals surface area contributed by atoms with Gasteiger partial charge < -0.3 is 5.11 Å². The molecule has 0 saturated heterocycles. The normalized spacial score (nSPS) is 13.7. The fourth-order valence-corrected chi connectivity index (χ4v) is 3.35. The Hall–Kier alpha value is -2.97. The number of hydrogen-bond donors (Lipinski definition) is 2. The highest BCUT2D eigenvalue weighted by molar-refractivity contribution is 5.78. The molecule has 1 aromatic carbocycles. The molecule has 5 nitrogen and oxygen atoms in total. The maximum Gasteiger partial charge on any atom is 0.323 e. The van der Waals surface area contributed by atoms with Crippen LogP contribution in [0.4, 0.5) is 0 Å². The van der Waals surface area contributed by atoms with Crippen LogP contribution in [-0.2, 0) is 24.2 Å². The molecule has 0 aliphatic heterocycles. The first-order valence-corrected chi connectivity index (χ1v) is 11.1. The van der Waals surface area contributed by atoms with Gasteiger partial charge in [0.2, 0.25) is 0 Å². The van der Waals surface area contributed by atoms with Gasteiger partial charge >= 0.3 is 5.97 Å². The van der Waals surface area contributed by atoms with Crippen LogP contribution in [0, 0.1) is 23.7 Å². The van der Waals surface area contributed by atoms with Crippen molar-refractivity contribution < 1.29 is 9.90 Å². The number of nitrogens with zero attached hydrogens (tertiary/aromatic N) is 2. The molecule has 0 fully saturated rings. The minimum atomic E-state index is -0.971. The average Bonchev–Trinajstić information content (AvgIpc) is 2.75. The Balaban J connectivity index is 2.37. The second-order valence-electron chi connectivity index (χ2n) is 9.71. The molecule has 0 spiro atoms. The number of aryl methyl sites for hydroxylation is 3. The topological polar surface area (TPSA) is 86.0 Å². The van der Waals surface area contributed by atoms with Crippen LogP contribution in [0.25, 0.3) is 6.08 Å². The third-order valence-electron chi connectivity index (χ3n) is 5.81. The molecule has 0 radical (unpaired) electrons. The summed E-state index contributed by atoms with van der Waals surface area (Å²) in [7, 11) is 0. The van der Waals surface area contributed by atoms with Crippen LogP contribution in [0.1, 0.15) is 74.4 Å². The van der Waals surface area contributed by atoms with Crippen molar-refractivity contribution in [3.05, 3.63) is 70.0 Å². The summed E-state index contributed by atoms with van der Waals surface area (Å²) in [6.45, 7) is 12.7. The molecule has 5 heteroatoms. The minimum absolute atomic E-state index is 0.0840. The van der Waals surface area contributed by atoms with Crippen LogP contribution in [0.2, 0.25) is 0 Å². The standard InChI is InChI=1S/C27H35N3O2/c1-7-27(6,25(31)32)30-18-24-12-19(2)22(10-11-26(3,4)5)14-23(24)9-8-20-13-21(15-28)17-29-16-20/h10-14,16-17,30H,7-9,18H2,1-6H3,(H,31,32)/b11-10+/t27-/m0/s1. The lowest BCUT2D eigenvalue weighted by Gasteiger charge is -2.26. The van der Waals surface area contributed by atoms with E-state index in [1.54, 1.807) is 19.3 Å². The molecule has 1 aromatic heterocycles. The van der Waals surface area contributed by atoms with E-state index in [1.807, 2.05) is 13.0 Å². The maximum absolute atomic E-state index is 11.7. The Kier molecular flexibility index (Phi) is 8.35. The molecule has 0 unspecified atom stereocenters. The highest BCUT2D eigenvalue weighted by atomic mass is 16.4. The summed E-state index contributed by atoms with van der Waals surface area (Å²) in [6, 6.07) is 8.38. The Morgan fingerprint density at radius 3 is 2.47 bits per heavy atom. The molecule has 0 saturated carbocycles. The summed E-state index contributed by atoms with van der Waals surface area (Å²) in [5.74, 6) is -0.845. The van der Waals surface area contributed by atoms with Gasteiger partial charge in [-0.15, -0.1) is 0 Å². The molecular formula is C27H35N3O2. The van der Waals surface area contributed by atoms with Crippen molar-refractivity contribution in [2.24, 2.45) is 5.41 Å². The number of benzene rings is 1. The monoisotopic (exact) mass is 433 g/mol. The van der Waals surface area contributed by atoms with E-state index < -0.39 is 11.5 Å². The first-order chi connectivity index (χ1) is 15.0. The number of aliphatic carboxylic acids is 1. The first-order valence-electron chi connectivity index (χ1n) is 11.1. The van der Waals surface area contributed by atoms with Gasteiger partial charge in [-0.25, -0.2) is 0 Å². The van der Waals surface area contributed by atoms with Crippen LogP contribution in [0.3, 0.4) is 0 Å². The quantitative estimate of drug-likeness (QED) is 0.549. The molecule has 1 heterocycles. The van der Waals surface area contributed by atoms with Crippen molar-refractivity contribution in [3.8, 4) is 6.07 Å². The minimum Gasteiger partial charge on any atom is -0.480 e. The summed E-state index contributed by atoms with van der Waals surface area (Å²) >= 11 is 0. The molecule has 2 N–H and O–H groups in total. The molecule has 2 rings (SSSR count).